The first-order chi connectivity index (χ1) is 12.4. The molecule has 26 heavy (non-hydrogen) atoms. The SMILES string of the molecule is C[NH+]1CC=C2C(C#N)C(=N)C(C#N)(C#N)[C@@H](c3ccc([N+](=O)[O-])s3)[C@H]2C1. The van der Waals surface area contributed by atoms with Gasteiger partial charge in [-0.1, -0.05) is 11.3 Å². The van der Waals surface area contributed by atoms with Crippen molar-refractivity contribution in [2.45, 2.75) is 5.92 Å². The summed E-state index contributed by atoms with van der Waals surface area (Å²) in [5.74, 6) is -1.89. The van der Waals surface area contributed by atoms with E-state index in [2.05, 4.69) is 6.07 Å². The second-order valence-electron chi connectivity index (χ2n) is 6.59. The Morgan fingerprint density at radius 3 is 2.62 bits per heavy atom. The molecule has 0 bridgehead atoms. The Morgan fingerprint density at radius 2 is 2.08 bits per heavy atom. The van der Waals surface area contributed by atoms with Gasteiger partial charge in [-0.3, -0.25) is 10.1 Å². The molecule has 0 amide bonds. The molecule has 1 aromatic rings. The lowest BCUT2D eigenvalue weighted by Crippen LogP contribution is -3.10. The number of nitrogens with zero attached hydrogens (tertiary/aromatic N) is 4. The highest BCUT2D eigenvalue weighted by Crippen LogP contribution is 2.54. The van der Waals surface area contributed by atoms with Crippen molar-refractivity contribution in [3.8, 4) is 18.2 Å². The van der Waals surface area contributed by atoms with E-state index >= 15 is 0 Å². The third-order valence-corrected chi connectivity index (χ3v) is 6.30. The summed E-state index contributed by atoms with van der Waals surface area (Å²) < 4.78 is 0. The highest BCUT2D eigenvalue weighted by atomic mass is 32.1. The molecule has 0 spiro atoms. The van der Waals surface area contributed by atoms with Gasteiger partial charge in [0.25, 0.3) is 0 Å². The fourth-order valence-corrected chi connectivity index (χ4v) is 5.02. The molecule has 8 nitrogen and oxygen atoms in total. The van der Waals surface area contributed by atoms with Gasteiger partial charge >= 0.3 is 5.00 Å². The lowest BCUT2D eigenvalue weighted by molar-refractivity contribution is -0.878. The van der Waals surface area contributed by atoms with E-state index in [1.54, 1.807) is 6.07 Å². The monoisotopic (exact) mass is 367 g/mol. The first kappa shape index (κ1) is 17.8. The third-order valence-electron chi connectivity index (χ3n) is 5.18. The largest absolute Gasteiger partial charge is 0.334 e. The number of fused-ring (bicyclic) bond motifs is 1. The van der Waals surface area contributed by atoms with Crippen LogP contribution in [0.5, 0.6) is 0 Å². The van der Waals surface area contributed by atoms with Crippen LogP contribution in [-0.2, 0) is 0 Å². The summed E-state index contributed by atoms with van der Waals surface area (Å²) in [7, 11) is 1.98. The first-order valence-corrected chi connectivity index (χ1v) is 8.77. The molecule has 2 unspecified atom stereocenters. The van der Waals surface area contributed by atoms with Gasteiger partial charge in [0.1, 0.15) is 5.92 Å². The minimum absolute atomic E-state index is 0.0687. The average Bonchev–Trinajstić information content (AvgIpc) is 3.11. The fourth-order valence-electron chi connectivity index (χ4n) is 3.97. The van der Waals surface area contributed by atoms with Crippen LogP contribution in [0.15, 0.2) is 23.8 Å². The van der Waals surface area contributed by atoms with Gasteiger partial charge in [0.05, 0.1) is 49.0 Å². The van der Waals surface area contributed by atoms with Crippen LogP contribution in [0.2, 0.25) is 0 Å². The molecular formula is C17H15N6O2S+. The molecule has 3 rings (SSSR count). The molecule has 2 N–H and O–H groups in total. The number of rotatable bonds is 2. The lowest BCUT2D eigenvalue weighted by atomic mass is 9.55. The zero-order valence-corrected chi connectivity index (χ0v) is 14.7. The van der Waals surface area contributed by atoms with E-state index in [1.807, 2.05) is 25.3 Å². The number of nitriles is 3. The predicted molar refractivity (Wildman–Crippen MR) is 92.4 cm³/mol. The Balaban J connectivity index is 2.24. The summed E-state index contributed by atoms with van der Waals surface area (Å²) in [6, 6.07) is 8.97. The van der Waals surface area contributed by atoms with Crippen molar-refractivity contribution in [2.75, 3.05) is 20.1 Å². The van der Waals surface area contributed by atoms with Crippen LogP contribution in [-0.4, -0.2) is 30.8 Å². The number of hydrogen-bond acceptors (Lipinski definition) is 7. The summed E-state index contributed by atoms with van der Waals surface area (Å²) in [5.41, 5.74) is -1.28. The summed E-state index contributed by atoms with van der Waals surface area (Å²) in [6.07, 6.45) is 1.92. The van der Waals surface area contributed by atoms with Gasteiger partial charge in [-0.15, -0.1) is 0 Å². The molecule has 0 saturated heterocycles. The van der Waals surface area contributed by atoms with Crippen molar-refractivity contribution in [2.24, 2.45) is 17.3 Å². The number of quaternary nitrogens is 1. The van der Waals surface area contributed by atoms with E-state index in [0.29, 0.717) is 18.0 Å². The molecule has 1 saturated carbocycles. The van der Waals surface area contributed by atoms with Crippen LogP contribution in [0.3, 0.4) is 0 Å². The smallest absolute Gasteiger partial charge is 0.324 e. The first-order valence-electron chi connectivity index (χ1n) is 7.96. The molecule has 0 aromatic carbocycles. The molecule has 130 valence electrons. The van der Waals surface area contributed by atoms with Crippen LogP contribution >= 0.6 is 11.3 Å². The number of hydrogen-bond donors (Lipinski definition) is 2. The highest BCUT2D eigenvalue weighted by Gasteiger charge is 2.59. The number of nitro groups is 1. The van der Waals surface area contributed by atoms with Crippen LogP contribution < -0.4 is 4.90 Å². The van der Waals surface area contributed by atoms with Crippen molar-refractivity contribution in [3.63, 3.8) is 0 Å². The Bertz CT molecular complexity index is 930. The maximum atomic E-state index is 11.1. The Morgan fingerprint density at radius 1 is 1.38 bits per heavy atom. The van der Waals surface area contributed by atoms with E-state index in [-0.39, 0.29) is 16.6 Å². The van der Waals surface area contributed by atoms with Crippen LogP contribution in [0.4, 0.5) is 5.00 Å². The zero-order valence-electron chi connectivity index (χ0n) is 13.9. The Hall–Kier alpha value is -3.06. The molecule has 0 radical (unpaired) electrons. The third kappa shape index (κ3) is 2.40. The molecular weight excluding hydrogens is 352 g/mol. The van der Waals surface area contributed by atoms with E-state index in [9.17, 15) is 25.9 Å². The van der Waals surface area contributed by atoms with Crippen molar-refractivity contribution >= 4 is 22.0 Å². The number of nitrogens with one attached hydrogen (secondary N) is 2. The minimum atomic E-state index is -1.81. The molecule has 1 aromatic heterocycles. The summed E-state index contributed by atoms with van der Waals surface area (Å²) in [4.78, 5) is 12.3. The molecule has 4 atom stereocenters. The van der Waals surface area contributed by atoms with Gasteiger partial charge < -0.3 is 10.3 Å². The second kappa shape index (κ2) is 6.34. The van der Waals surface area contributed by atoms with Crippen molar-refractivity contribution in [1.29, 1.82) is 21.2 Å². The lowest BCUT2D eigenvalue weighted by Gasteiger charge is -2.45. The van der Waals surface area contributed by atoms with Gasteiger partial charge in [0.15, 0.2) is 5.41 Å². The number of likely N-dealkylation sites (N-methyl/N-ethyl adjacent to an activating group) is 1. The number of thiophene rings is 1. The average molecular weight is 367 g/mol. The van der Waals surface area contributed by atoms with Gasteiger partial charge in [-0.05, 0) is 17.7 Å². The van der Waals surface area contributed by atoms with E-state index in [0.717, 1.165) is 21.8 Å². The second-order valence-corrected chi connectivity index (χ2v) is 7.69. The van der Waals surface area contributed by atoms with Gasteiger partial charge in [0.2, 0.25) is 0 Å². The van der Waals surface area contributed by atoms with Crippen molar-refractivity contribution < 1.29 is 9.82 Å². The summed E-state index contributed by atoms with van der Waals surface area (Å²) >= 11 is 0.931. The predicted octanol–water partition coefficient (Wildman–Crippen LogP) is 1.02. The van der Waals surface area contributed by atoms with Crippen molar-refractivity contribution in [1.82, 2.24) is 0 Å². The maximum absolute atomic E-state index is 11.1. The molecule has 1 fully saturated rings. The topological polar surface area (TPSA) is 143 Å². The summed E-state index contributed by atoms with van der Waals surface area (Å²) in [5, 5.41) is 48.7. The Kier molecular flexibility index (Phi) is 4.33. The van der Waals surface area contributed by atoms with Crippen LogP contribution in [0, 0.1) is 66.8 Å². The Labute approximate surface area is 153 Å². The minimum Gasteiger partial charge on any atom is -0.334 e. The molecule has 1 aliphatic heterocycles. The van der Waals surface area contributed by atoms with Gasteiger partial charge in [-0.25, -0.2) is 0 Å². The molecule has 9 heteroatoms. The zero-order chi connectivity index (χ0) is 19.1. The fraction of sp³-hybridized carbons (Fsp3) is 0.412. The standard InChI is InChI=1S/C17H14N6O2S/c1-22-5-4-10-11(6-18)16(21)17(8-19,9-20)15(12(10)7-22)13-2-3-14(26-13)23(24)25/h2-4,11-12,15,21H,5,7H2,1H3/p+1/t11?,12-,15+/m0/s1. The van der Waals surface area contributed by atoms with Crippen molar-refractivity contribution in [3.05, 3.63) is 38.8 Å². The van der Waals surface area contributed by atoms with E-state index < -0.39 is 22.2 Å². The highest BCUT2D eigenvalue weighted by molar-refractivity contribution is 7.15. The molecule has 2 aliphatic rings. The van der Waals surface area contributed by atoms with Crippen LogP contribution in [0.1, 0.15) is 10.8 Å². The maximum Gasteiger partial charge on any atom is 0.324 e. The van der Waals surface area contributed by atoms with Crippen LogP contribution in [0.25, 0.3) is 0 Å². The normalized spacial score (nSPS) is 29.5. The van der Waals surface area contributed by atoms with Gasteiger partial charge in [0, 0.05) is 22.8 Å². The molecule has 1 aliphatic carbocycles. The van der Waals surface area contributed by atoms with E-state index in [1.165, 1.54) is 6.07 Å². The summed E-state index contributed by atoms with van der Waals surface area (Å²) in [6.45, 7) is 1.29. The van der Waals surface area contributed by atoms with Gasteiger partial charge in [-0.2, -0.15) is 15.8 Å². The quantitative estimate of drug-likeness (QED) is 0.456. The molecule has 2 heterocycles. The van der Waals surface area contributed by atoms with E-state index in [4.69, 9.17) is 5.41 Å².